The van der Waals surface area contributed by atoms with Crippen molar-refractivity contribution in [1.29, 1.82) is 0 Å². The quantitative estimate of drug-likeness (QED) is 0.668. The van der Waals surface area contributed by atoms with Crippen LogP contribution in [-0.4, -0.2) is 17.1 Å². The maximum Gasteiger partial charge on any atom is 0.120 e. The summed E-state index contributed by atoms with van der Waals surface area (Å²) in [5.41, 5.74) is 8.52. The number of thiophene rings is 1. The van der Waals surface area contributed by atoms with E-state index in [2.05, 4.69) is 32.3 Å². The molecule has 1 heterocycles. The number of hydrogen-bond acceptors (Lipinski definition) is 4. The highest BCUT2D eigenvalue weighted by Gasteiger charge is 2.07. The SMILES string of the molecule is CN(Cc1csc(Br)c1)Cc1cc(N)ccc1O. The van der Waals surface area contributed by atoms with Gasteiger partial charge in [-0.3, -0.25) is 4.90 Å². The van der Waals surface area contributed by atoms with Gasteiger partial charge in [-0.2, -0.15) is 0 Å². The third kappa shape index (κ3) is 3.48. The number of anilines is 1. The van der Waals surface area contributed by atoms with Gasteiger partial charge in [0, 0.05) is 24.3 Å². The molecule has 0 aliphatic rings. The standard InChI is InChI=1S/C13H15BrN2OS/c1-16(6-9-4-13(14)18-8-9)7-10-5-11(15)2-3-12(10)17/h2-5,8,17H,6-7,15H2,1H3. The Labute approximate surface area is 119 Å². The molecule has 0 atom stereocenters. The fourth-order valence-corrected chi connectivity index (χ4v) is 3.02. The lowest BCUT2D eigenvalue weighted by Gasteiger charge is -2.17. The average molecular weight is 327 g/mol. The van der Waals surface area contributed by atoms with Crippen molar-refractivity contribution in [3.05, 3.63) is 44.6 Å². The fourth-order valence-electron chi connectivity index (χ4n) is 1.82. The normalized spacial score (nSPS) is 11.1. The Kier molecular flexibility index (Phi) is 4.27. The summed E-state index contributed by atoms with van der Waals surface area (Å²) in [6.07, 6.45) is 0. The third-order valence-electron chi connectivity index (χ3n) is 2.62. The van der Waals surface area contributed by atoms with Crippen molar-refractivity contribution in [2.24, 2.45) is 0 Å². The van der Waals surface area contributed by atoms with E-state index < -0.39 is 0 Å². The van der Waals surface area contributed by atoms with Crippen LogP contribution in [0.15, 0.2) is 33.4 Å². The first-order valence-corrected chi connectivity index (χ1v) is 7.20. The van der Waals surface area contributed by atoms with Crippen LogP contribution < -0.4 is 5.73 Å². The van der Waals surface area contributed by atoms with Crippen LogP contribution in [0.1, 0.15) is 11.1 Å². The van der Waals surface area contributed by atoms with Crippen LogP contribution in [0.25, 0.3) is 0 Å². The van der Waals surface area contributed by atoms with Crippen LogP contribution >= 0.6 is 27.3 Å². The van der Waals surface area contributed by atoms with Crippen molar-refractivity contribution in [3.8, 4) is 5.75 Å². The summed E-state index contributed by atoms with van der Waals surface area (Å²) in [6, 6.07) is 7.27. The first kappa shape index (κ1) is 13.4. The summed E-state index contributed by atoms with van der Waals surface area (Å²) in [5.74, 6) is 0.294. The zero-order chi connectivity index (χ0) is 13.1. The lowest BCUT2D eigenvalue weighted by atomic mass is 10.1. The van der Waals surface area contributed by atoms with Gasteiger partial charge in [0.05, 0.1) is 3.79 Å². The van der Waals surface area contributed by atoms with Crippen molar-refractivity contribution in [3.63, 3.8) is 0 Å². The van der Waals surface area contributed by atoms with Crippen molar-refractivity contribution < 1.29 is 5.11 Å². The van der Waals surface area contributed by atoms with Gasteiger partial charge in [-0.15, -0.1) is 11.3 Å². The highest BCUT2D eigenvalue weighted by atomic mass is 79.9. The minimum Gasteiger partial charge on any atom is -0.508 e. The topological polar surface area (TPSA) is 49.5 Å². The molecule has 3 N–H and O–H groups in total. The summed E-state index contributed by atoms with van der Waals surface area (Å²) in [7, 11) is 2.02. The second-order valence-corrected chi connectivity index (χ2v) is 6.61. The number of halogens is 1. The molecule has 1 aromatic heterocycles. The third-order valence-corrected chi connectivity index (χ3v) is 4.17. The molecule has 2 rings (SSSR count). The van der Waals surface area contributed by atoms with Gasteiger partial charge in [0.1, 0.15) is 5.75 Å². The Balaban J connectivity index is 2.02. The molecular formula is C13H15BrN2OS. The Morgan fingerprint density at radius 1 is 1.33 bits per heavy atom. The van der Waals surface area contributed by atoms with Gasteiger partial charge >= 0.3 is 0 Å². The molecule has 5 heteroatoms. The predicted octanol–water partition coefficient (Wildman–Crippen LogP) is 3.43. The second kappa shape index (κ2) is 5.73. The second-order valence-electron chi connectivity index (χ2n) is 4.32. The minimum atomic E-state index is 0.294. The monoisotopic (exact) mass is 326 g/mol. The molecule has 1 aromatic carbocycles. The summed E-state index contributed by atoms with van der Waals surface area (Å²) in [5, 5.41) is 11.9. The van der Waals surface area contributed by atoms with Crippen LogP contribution in [0.4, 0.5) is 5.69 Å². The summed E-state index contributed by atoms with van der Waals surface area (Å²) in [4.78, 5) is 2.14. The fraction of sp³-hybridized carbons (Fsp3) is 0.231. The summed E-state index contributed by atoms with van der Waals surface area (Å²) in [6.45, 7) is 1.51. The number of benzene rings is 1. The molecule has 0 unspecified atom stereocenters. The van der Waals surface area contributed by atoms with Gasteiger partial charge in [-0.25, -0.2) is 0 Å². The number of nitrogens with zero attached hydrogens (tertiary/aromatic N) is 1. The molecule has 0 fully saturated rings. The van der Waals surface area contributed by atoms with Crippen molar-refractivity contribution in [1.82, 2.24) is 4.90 Å². The number of nitrogen functional groups attached to an aromatic ring is 1. The molecule has 0 spiro atoms. The van der Waals surface area contributed by atoms with Crippen LogP contribution in [-0.2, 0) is 13.1 Å². The summed E-state index contributed by atoms with van der Waals surface area (Å²) < 4.78 is 1.14. The highest BCUT2D eigenvalue weighted by molar-refractivity contribution is 9.11. The maximum atomic E-state index is 9.77. The van der Waals surface area contributed by atoms with Crippen molar-refractivity contribution in [2.45, 2.75) is 13.1 Å². The maximum absolute atomic E-state index is 9.77. The number of aromatic hydroxyl groups is 1. The smallest absolute Gasteiger partial charge is 0.120 e. The number of hydrogen-bond donors (Lipinski definition) is 2. The molecule has 0 aliphatic heterocycles. The molecule has 2 aromatic rings. The van der Waals surface area contributed by atoms with Crippen LogP contribution in [0.5, 0.6) is 5.75 Å². The molecule has 0 bridgehead atoms. The largest absolute Gasteiger partial charge is 0.508 e. The first-order chi connectivity index (χ1) is 8.54. The molecule has 0 amide bonds. The van der Waals surface area contributed by atoms with Crippen molar-refractivity contribution in [2.75, 3.05) is 12.8 Å². The van der Waals surface area contributed by atoms with Gasteiger partial charge in [0.2, 0.25) is 0 Å². The Morgan fingerprint density at radius 3 is 2.78 bits per heavy atom. The van der Waals surface area contributed by atoms with E-state index in [0.29, 0.717) is 18.0 Å². The lowest BCUT2D eigenvalue weighted by molar-refractivity contribution is 0.313. The Bertz CT molecular complexity index is 542. The summed E-state index contributed by atoms with van der Waals surface area (Å²) >= 11 is 5.13. The van der Waals surface area contributed by atoms with Gasteiger partial charge in [0.15, 0.2) is 0 Å². The van der Waals surface area contributed by atoms with E-state index in [1.54, 1.807) is 23.5 Å². The van der Waals surface area contributed by atoms with Gasteiger partial charge < -0.3 is 10.8 Å². The van der Waals surface area contributed by atoms with E-state index >= 15 is 0 Å². The number of phenolic OH excluding ortho intramolecular Hbond substituents is 1. The molecule has 96 valence electrons. The lowest BCUT2D eigenvalue weighted by Crippen LogP contribution is -2.17. The zero-order valence-electron chi connectivity index (χ0n) is 10.1. The minimum absolute atomic E-state index is 0.294. The van der Waals surface area contributed by atoms with E-state index in [9.17, 15) is 5.11 Å². The molecule has 3 nitrogen and oxygen atoms in total. The number of phenols is 1. The Morgan fingerprint density at radius 2 is 2.11 bits per heavy atom. The van der Waals surface area contributed by atoms with Gasteiger partial charge in [-0.1, -0.05) is 0 Å². The molecule has 0 aliphatic carbocycles. The van der Waals surface area contributed by atoms with E-state index in [0.717, 1.165) is 15.9 Å². The number of rotatable bonds is 4. The van der Waals surface area contributed by atoms with E-state index in [-0.39, 0.29) is 0 Å². The van der Waals surface area contributed by atoms with E-state index in [4.69, 9.17) is 5.73 Å². The van der Waals surface area contributed by atoms with E-state index in [1.165, 1.54) is 5.56 Å². The molecular weight excluding hydrogens is 312 g/mol. The molecule has 18 heavy (non-hydrogen) atoms. The van der Waals surface area contributed by atoms with Crippen LogP contribution in [0.3, 0.4) is 0 Å². The predicted molar refractivity (Wildman–Crippen MR) is 79.7 cm³/mol. The zero-order valence-corrected chi connectivity index (χ0v) is 12.5. The molecule has 0 saturated heterocycles. The average Bonchev–Trinajstić information content (AvgIpc) is 2.69. The highest BCUT2D eigenvalue weighted by Crippen LogP contribution is 2.24. The van der Waals surface area contributed by atoms with E-state index in [1.807, 2.05) is 13.1 Å². The van der Waals surface area contributed by atoms with Gasteiger partial charge in [-0.05, 0) is 58.2 Å². The Hall–Kier alpha value is -1.04. The van der Waals surface area contributed by atoms with Crippen LogP contribution in [0, 0.1) is 0 Å². The van der Waals surface area contributed by atoms with Gasteiger partial charge in [0.25, 0.3) is 0 Å². The van der Waals surface area contributed by atoms with Crippen LogP contribution in [0.2, 0.25) is 0 Å². The molecule has 0 saturated carbocycles. The van der Waals surface area contributed by atoms with Crippen molar-refractivity contribution >= 4 is 33.0 Å². The number of nitrogens with two attached hydrogens (primary N) is 1. The first-order valence-electron chi connectivity index (χ1n) is 5.53. The molecule has 0 radical (unpaired) electrons.